The van der Waals surface area contributed by atoms with E-state index < -0.39 is 0 Å². The highest BCUT2D eigenvalue weighted by molar-refractivity contribution is 5.42. The van der Waals surface area contributed by atoms with Crippen LogP contribution in [0.25, 0.3) is 0 Å². The summed E-state index contributed by atoms with van der Waals surface area (Å²) in [5.41, 5.74) is 1.53. The van der Waals surface area contributed by atoms with Crippen molar-refractivity contribution in [3.05, 3.63) is 59.7 Å². The second-order valence-corrected chi connectivity index (χ2v) is 4.09. The van der Waals surface area contributed by atoms with E-state index in [1.165, 1.54) is 0 Å². The molecule has 0 bridgehead atoms. The van der Waals surface area contributed by atoms with Crippen LogP contribution in [0.5, 0.6) is 11.5 Å². The minimum absolute atomic E-state index is 0.163. The van der Waals surface area contributed by atoms with Gasteiger partial charge in [-0.1, -0.05) is 36.4 Å². The monoisotopic (exact) mass is 228 g/mol. The minimum atomic E-state index is -0.163. The van der Waals surface area contributed by atoms with Crippen molar-refractivity contribution in [2.75, 3.05) is 0 Å². The molecule has 1 saturated heterocycles. The molecule has 0 radical (unpaired) electrons. The van der Waals surface area contributed by atoms with Crippen molar-refractivity contribution >= 4 is 0 Å². The average molecular weight is 228 g/mol. The topological polar surface area (TPSA) is 53.0 Å². The van der Waals surface area contributed by atoms with E-state index in [0.717, 1.165) is 11.1 Å². The molecule has 0 saturated carbocycles. The first-order chi connectivity index (χ1) is 8.27. The molecule has 0 spiro atoms. The van der Waals surface area contributed by atoms with Gasteiger partial charge in [-0.05, 0) is 12.1 Å². The molecular formula is C14H12O3. The Labute approximate surface area is 98.9 Å². The predicted octanol–water partition coefficient (Wildman–Crippen LogP) is 2.91. The van der Waals surface area contributed by atoms with Crippen LogP contribution in [0.3, 0.4) is 0 Å². The molecule has 0 amide bonds. The van der Waals surface area contributed by atoms with E-state index in [-0.39, 0.29) is 23.7 Å². The zero-order valence-electron chi connectivity index (χ0n) is 9.08. The van der Waals surface area contributed by atoms with E-state index in [9.17, 15) is 10.2 Å². The van der Waals surface area contributed by atoms with Gasteiger partial charge < -0.3 is 14.9 Å². The molecular weight excluding hydrogens is 216 g/mol. The summed E-state index contributed by atoms with van der Waals surface area (Å²) in [6.45, 7) is 0. The van der Waals surface area contributed by atoms with Crippen molar-refractivity contribution in [1.82, 2.24) is 0 Å². The van der Waals surface area contributed by atoms with Crippen LogP contribution < -0.4 is 0 Å². The van der Waals surface area contributed by atoms with Gasteiger partial charge in [0.25, 0.3) is 0 Å². The maximum absolute atomic E-state index is 9.71. The quantitative estimate of drug-likeness (QED) is 0.777. The zero-order chi connectivity index (χ0) is 11.8. The second kappa shape index (κ2) is 3.79. The fourth-order valence-electron chi connectivity index (χ4n) is 2.04. The lowest BCUT2D eigenvalue weighted by atomic mass is 10.0. The molecule has 2 atom stereocenters. The molecule has 1 heterocycles. The number of para-hydroxylation sites is 2. The molecule has 2 aromatic carbocycles. The van der Waals surface area contributed by atoms with Crippen LogP contribution in [-0.2, 0) is 4.74 Å². The van der Waals surface area contributed by atoms with Gasteiger partial charge in [0, 0.05) is 11.1 Å². The SMILES string of the molecule is Oc1ccccc1C1OC1c1ccccc1O. The predicted molar refractivity (Wildman–Crippen MR) is 62.8 cm³/mol. The van der Waals surface area contributed by atoms with E-state index in [2.05, 4.69) is 0 Å². The minimum Gasteiger partial charge on any atom is -0.508 e. The summed E-state index contributed by atoms with van der Waals surface area (Å²) in [5.74, 6) is 0.464. The molecule has 1 fully saturated rings. The Balaban J connectivity index is 1.89. The Morgan fingerprint density at radius 1 is 0.706 bits per heavy atom. The van der Waals surface area contributed by atoms with Crippen LogP contribution in [0, 0.1) is 0 Å². The van der Waals surface area contributed by atoms with Gasteiger partial charge in [0.2, 0.25) is 0 Å². The third kappa shape index (κ3) is 1.74. The number of phenolic OH excluding ortho intramolecular Hbond substituents is 2. The molecule has 0 aliphatic carbocycles. The molecule has 2 aromatic rings. The van der Waals surface area contributed by atoms with Crippen molar-refractivity contribution in [3.63, 3.8) is 0 Å². The van der Waals surface area contributed by atoms with Gasteiger partial charge >= 0.3 is 0 Å². The highest BCUT2D eigenvalue weighted by Crippen LogP contribution is 2.54. The largest absolute Gasteiger partial charge is 0.508 e. The van der Waals surface area contributed by atoms with E-state index >= 15 is 0 Å². The number of hydrogen-bond acceptors (Lipinski definition) is 3. The maximum Gasteiger partial charge on any atom is 0.121 e. The van der Waals surface area contributed by atoms with E-state index in [1.807, 2.05) is 24.3 Å². The Morgan fingerprint density at radius 2 is 1.12 bits per heavy atom. The lowest BCUT2D eigenvalue weighted by molar-refractivity contribution is 0.365. The third-order valence-corrected chi connectivity index (χ3v) is 2.98. The summed E-state index contributed by atoms with van der Waals surface area (Å²) < 4.78 is 5.53. The summed E-state index contributed by atoms with van der Waals surface area (Å²) in [6.07, 6.45) is -0.325. The van der Waals surface area contributed by atoms with Crippen LogP contribution in [-0.4, -0.2) is 10.2 Å². The van der Waals surface area contributed by atoms with Crippen molar-refractivity contribution in [2.45, 2.75) is 12.2 Å². The summed E-state index contributed by atoms with van der Waals surface area (Å²) in [6, 6.07) is 14.2. The van der Waals surface area contributed by atoms with Crippen LogP contribution in [0.4, 0.5) is 0 Å². The number of phenols is 2. The Morgan fingerprint density at radius 3 is 1.53 bits per heavy atom. The van der Waals surface area contributed by atoms with Gasteiger partial charge in [-0.25, -0.2) is 0 Å². The fraction of sp³-hybridized carbons (Fsp3) is 0.143. The van der Waals surface area contributed by atoms with Gasteiger partial charge in [0.15, 0.2) is 0 Å². The molecule has 17 heavy (non-hydrogen) atoms. The molecule has 3 rings (SSSR count). The first kappa shape index (κ1) is 10.2. The third-order valence-electron chi connectivity index (χ3n) is 2.98. The molecule has 1 aliphatic heterocycles. The Hall–Kier alpha value is -2.00. The summed E-state index contributed by atoms with van der Waals surface area (Å²) in [4.78, 5) is 0. The lowest BCUT2D eigenvalue weighted by Crippen LogP contribution is -1.85. The van der Waals surface area contributed by atoms with Crippen molar-refractivity contribution < 1.29 is 14.9 Å². The smallest absolute Gasteiger partial charge is 0.121 e. The van der Waals surface area contributed by atoms with Crippen LogP contribution >= 0.6 is 0 Å². The summed E-state index contributed by atoms with van der Waals surface area (Å²) in [5, 5.41) is 19.4. The maximum atomic E-state index is 9.71. The number of ether oxygens (including phenoxy) is 1. The van der Waals surface area contributed by atoms with Gasteiger partial charge in [0.1, 0.15) is 23.7 Å². The zero-order valence-corrected chi connectivity index (χ0v) is 9.08. The highest BCUT2D eigenvalue weighted by atomic mass is 16.6. The molecule has 1 aliphatic rings. The van der Waals surface area contributed by atoms with Crippen LogP contribution in [0.1, 0.15) is 23.3 Å². The van der Waals surface area contributed by atoms with Gasteiger partial charge in [0.05, 0.1) is 0 Å². The first-order valence-corrected chi connectivity index (χ1v) is 5.48. The molecule has 2 N–H and O–H groups in total. The molecule has 3 nitrogen and oxygen atoms in total. The number of aromatic hydroxyl groups is 2. The van der Waals surface area contributed by atoms with Crippen molar-refractivity contribution in [3.8, 4) is 11.5 Å². The Kier molecular flexibility index (Phi) is 2.27. The molecule has 0 aromatic heterocycles. The standard InChI is InChI=1S/C14H12O3/c15-11-7-3-1-5-9(11)13-14(17-13)10-6-2-4-8-12(10)16/h1-8,13-16H. The number of benzene rings is 2. The summed E-state index contributed by atoms with van der Waals surface area (Å²) in [7, 11) is 0. The number of rotatable bonds is 2. The average Bonchev–Trinajstić information content (AvgIpc) is 3.10. The van der Waals surface area contributed by atoms with E-state index in [1.54, 1.807) is 24.3 Å². The van der Waals surface area contributed by atoms with Crippen molar-refractivity contribution in [1.29, 1.82) is 0 Å². The number of epoxide rings is 1. The molecule has 2 unspecified atom stereocenters. The normalized spacial score (nSPS) is 22.4. The fourth-order valence-corrected chi connectivity index (χ4v) is 2.04. The highest BCUT2D eigenvalue weighted by Gasteiger charge is 2.44. The van der Waals surface area contributed by atoms with Crippen molar-refractivity contribution in [2.24, 2.45) is 0 Å². The Bertz CT molecular complexity index is 501. The van der Waals surface area contributed by atoms with Crippen LogP contribution in [0.2, 0.25) is 0 Å². The second-order valence-electron chi connectivity index (χ2n) is 4.09. The molecule has 3 heteroatoms. The number of hydrogen-bond donors (Lipinski definition) is 2. The van der Waals surface area contributed by atoms with E-state index in [0.29, 0.717) is 0 Å². The molecule has 86 valence electrons. The lowest BCUT2D eigenvalue weighted by Gasteiger charge is -2.01. The van der Waals surface area contributed by atoms with Gasteiger partial charge in [-0.15, -0.1) is 0 Å². The first-order valence-electron chi connectivity index (χ1n) is 5.48. The van der Waals surface area contributed by atoms with Gasteiger partial charge in [-0.3, -0.25) is 0 Å². The summed E-state index contributed by atoms with van der Waals surface area (Å²) >= 11 is 0. The van der Waals surface area contributed by atoms with Crippen LogP contribution in [0.15, 0.2) is 48.5 Å². The van der Waals surface area contributed by atoms with E-state index in [4.69, 9.17) is 4.74 Å². The van der Waals surface area contributed by atoms with Gasteiger partial charge in [-0.2, -0.15) is 0 Å².